The van der Waals surface area contributed by atoms with E-state index in [1.807, 2.05) is 0 Å². The highest BCUT2D eigenvalue weighted by Crippen LogP contribution is 2.27. The molecule has 0 spiro atoms. The molecule has 9 heteroatoms. The summed E-state index contributed by atoms with van der Waals surface area (Å²) in [4.78, 5) is 25.4. The lowest BCUT2D eigenvalue weighted by Gasteiger charge is -2.11. The molecule has 2 aromatic heterocycles. The molecule has 0 aliphatic heterocycles. The lowest BCUT2D eigenvalue weighted by atomic mass is 10.0. The number of alkyl halides is 3. The fraction of sp³-hybridized carbons (Fsp3) is 0.238. The Balaban J connectivity index is 2.00. The van der Waals surface area contributed by atoms with E-state index in [-0.39, 0.29) is 42.0 Å². The van der Waals surface area contributed by atoms with Crippen molar-refractivity contribution in [3.63, 3.8) is 0 Å². The Labute approximate surface area is 170 Å². The zero-order valence-electron chi connectivity index (χ0n) is 15.9. The summed E-state index contributed by atoms with van der Waals surface area (Å²) in [7, 11) is 0. The van der Waals surface area contributed by atoms with Crippen LogP contribution in [-0.4, -0.2) is 38.8 Å². The van der Waals surface area contributed by atoms with Gasteiger partial charge in [-0.25, -0.2) is 9.97 Å². The first-order valence-corrected chi connectivity index (χ1v) is 9.05. The van der Waals surface area contributed by atoms with Crippen LogP contribution in [0.5, 0.6) is 5.75 Å². The lowest BCUT2D eigenvalue weighted by molar-refractivity contribution is -0.274. The zero-order valence-corrected chi connectivity index (χ0v) is 15.9. The highest BCUT2D eigenvalue weighted by Gasteiger charge is 2.31. The molecule has 0 fully saturated rings. The fourth-order valence-corrected chi connectivity index (χ4v) is 2.68. The Morgan fingerprint density at radius 1 is 1.13 bits per heavy atom. The molecular weight excluding hydrogens is 399 g/mol. The summed E-state index contributed by atoms with van der Waals surface area (Å²) in [5, 5.41) is 9.22. The number of pyridine rings is 1. The molecule has 1 N–H and O–H groups in total. The van der Waals surface area contributed by atoms with Crippen molar-refractivity contribution in [3.05, 3.63) is 60.6 Å². The number of aliphatic hydroxyl groups excluding tert-OH is 1. The van der Waals surface area contributed by atoms with Crippen molar-refractivity contribution in [2.75, 3.05) is 6.61 Å². The Morgan fingerprint density at radius 3 is 2.47 bits per heavy atom. The Kier molecular flexibility index (Phi) is 6.41. The number of Topliss-reactive ketones (excluding diaryl/α,β-unsaturated/α-hetero) is 1. The summed E-state index contributed by atoms with van der Waals surface area (Å²) in [6.07, 6.45) is -1.56. The second-order valence-corrected chi connectivity index (χ2v) is 6.69. The number of halogens is 3. The number of ether oxygens (including phenoxy) is 1. The van der Waals surface area contributed by atoms with E-state index in [9.17, 15) is 23.1 Å². The van der Waals surface area contributed by atoms with Crippen LogP contribution in [0.15, 0.2) is 54.9 Å². The van der Waals surface area contributed by atoms with Crippen molar-refractivity contribution >= 4 is 5.78 Å². The Hall–Kier alpha value is -3.33. The van der Waals surface area contributed by atoms with Crippen molar-refractivity contribution in [3.8, 4) is 28.4 Å². The van der Waals surface area contributed by atoms with Crippen molar-refractivity contribution in [1.82, 2.24) is 15.0 Å². The molecule has 1 aromatic carbocycles. The molecule has 0 saturated heterocycles. The predicted molar refractivity (Wildman–Crippen MR) is 103 cm³/mol. The maximum atomic E-state index is 12.6. The number of aliphatic hydroxyl groups is 1. The quantitative estimate of drug-likeness (QED) is 0.577. The molecule has 0 aliphatic rings. The van der Waals surface area contributed by atoms with Gasteiger partial charge in [-0.05, 0) is 48.4 Å². The highest BCUT2D eigenvalue weighted by molar-refractivity contribution is 5.95. The molecular formula is C21H18F3N3O3. The van der Waals surface area contributed by atoms with Crippen LogP contribution in [0.1, 0.15) is 23.8 Å². The Morgan fingerprint density at radius 2 is 1.87 bits per heavy atom. The third-order valence-electron chi connectivity index (χ3n) is 4.16. The van der Waals surface area contributed by atoms with Gasteiger partial charge in [0.15, 0.2) is 11.6 Å². The molecule has 0 bridgehead atoms. The van der Waals surface area contributed by atoms with Crippen LogP contribution < -0.4 is 4.74 Å². The number of nitrogens with zero attached hydrogens (tertiary/aromatic N) is 3. The van der Waals surface area contributed by atoms with Crippen molar-refractivity contribution in [2.24, 2.45) is 5.92 Å². The van der Waals surface area contributed by atoms with E-state index in [1.165, 1.54) is 30.3 Å². The molecule has 2 heterocycles. The topological polar surface area (TPSA) is 85.2 Å². The first-order chi connectivity index (χ1) is 14.2. The summed E-state index contributed by atoms with van der Waals surface area (Å²) in [6.45, 7) is 1.60. The molecule has 0 radical (unpaired) electrons. The van der Waals surface area contributed by atoms with Crippen LogP contribution in [0.3, 0.4) is 0 Å². The average Bonchev–Trinajstić information content (AvgIpc) is 2.73. The second kappa shape index (κ2) is 9.00. The standard InChI is InChI=1S/C21H18F3N3O3/c1-13(12-28)9-19(29)18-10-17(26-20(27-18)15-3-2-8-25-11-15)14-4-6-16(7-5-14)30-21(22,23)24/h2-8,10-11,13,28H,9,12H2,1H3/t13-/m0/s1. The monoisotopic (exact) mass is 417 g/mol. The predicted octanol–water partition coefficient (Wildman–Crippen LogP) is 4.31. The number of ketones is 1. The van der Waals surface area contributed by atoms with Gasteiger partial charge in [-0.2, -0.15) is 0 Å². The van der Waals surface area contributed by atoms with Crippen LogP contribution in [0.2, 0.25) is 0 Å². The third-order valence-corrected chi connectivity index (χ3v) is 4.16. The van der Waals surface area contributed by atoms with Gasteiger partial charge in [-0.3, -0.25) is 9.78 Å². The lowest BCUT2D eigenvalue weighted by Crippen LogP contribution is -2.16. The van der Waals surface area contributed by atoms with E-state index in [2.05, 4.69) is 19.7 Å². The number of carbonyl (C=O) groups is 1. The van der Waals surface area contributed by atoms with Gasteiger partial charge in [0.2, 0.25) is 0 Å². The molecule has 3 rings (SSSR count). The smallest absolute Gasteiger partial charge is 0.406 e. The van der Waals surface area contributed by atoms with Gasteiger partial charge in [0.1, 0.15) is 11.4 Å². The van der Waals surface area contributed by atoms with E-state index in [0.29, 0.717) is 16.8 Å². The number of benzene rings is 1. The van der Waals surface area contributed by atoms with Crippen molar-refractivity contribution in [2.45, 2.75) is 19.7 Å². The number of rotatable bonds is 7. The van der Waals surface area contributed by atoms with Gasteiger partial charge in [0.05, 0.1) is 5.69 Å². The van der Waals surface area contributed by atoms with E-state index >= 15 is 0 Å². The third kappa shape index (κ3) is 5.60. The molecule has 0 unspecified atom stereocenters. The van der Waals surface area contributed by atoms with Gasteiger partial charge in [-0.15, -0.1) is 13.2 Å². The summed E-state index contributed by atoms with van der Waals surface area (Å²) in [5.74, 6) is -0.615. The number of hydrogen-bond donors (Lipinski definition) is 1. The van der Waals surface area contributed by atoms with Crippen LogP contribution in [0.25, 0.3) is 22.6 Å². The van der Waals surface area contributed by atoms with E-state index in [4.69, 9.17) is 0 Å². The average molecular weight is 417 g/mol. The molecule has 6 nitrogen and oxygen atoms in total. The van der Waals surface area contributed by atoms with Crippen LogP contribution in [0, 0.1) is 5.92 Å². The second-order valence-electron chi connectivity index (χ2n) is 6.69. The highest BCUT2D eigenvalue weighted by atomic mass is 19.4. The first kappa shape index (κ1) is 21.4. The van der Waals surface area contributed by atoms with E-state index in [1.54, 1.807) is 31.5 Å². The van der Waals surface area contributed by atoms with Crippen molar-refractivity contribution < 1.29 is 27.8 Å². The van der Waals surface area contributed by atoms with Gasteiger partial charge in [0, 0.05) is 36.5 Å². The largest absolute Gasteiger partial charge is 0.573 e. The molecule has 3 aromatic rings. The van der Waals surface area contributed by atoms with Gasteiger partial charge in [-0.1, -0.05) is 6.92 Å². The number of aromatic nitrogens is 3. The zero-order chi connectivity index (χ0) is 21.7. The molecule has 1 atom stereocenters. The summed E-state index contributed by atoms with van der Waals surface area (Å²) in [6, 6.07) is 10.1. The summed E-state index contributed by atoms with van der Waals surface area (Å²) < 4.78 is 41.0. The maximum Gasteiger partial charge on any atom is 0.573 e. The summed E-state index contributed by atoms with van der Waals surface area (Å²) in [5.41, 5.74) is 1.58. The fourth-order valence-electron chi connectivity index (χ4n) is 2.68. The molecule has 156 valence electrons. The SMILES string of the molecule is C[C@H](CO)CC(=O)c1cc(-c2ccc(OC(F)(F)F)cc2)nc(-c2cccnc2)n1. The minimum atomic E-state index is -4.78. The van der Waals surface area contributed by atoms with Gasteiger partial charge < -0.3 is 9.84 Å². The van der Waals surface area contributed by atoms with Crippen LogP contribution in [0.4, 0.5) is 13.2 Å². The van der Waals surface area contributed by atoms with Gasteiger partial charge in [0.25, 0.3) is 0 Å². The summed E-state index contributed by atoms with van der Waals surface area (Å²) >= 11 is 0. The van der Waals surface area contributed by atoms with Gasteiger partial charge >= 0.3 is 6.36 Å². The minimum Gasteiger partial charge on any atom is -0.406 e. The van der Waals surface area contributed by atoms with Crippen LogP contribution in [-0.2, 0) is 0 Å². The first-order valence-electron chi connectivity index (χ1n) is 9.05. The number of carbonyl (C=O) groups excluding carboxylic acids is 1. The van der Waals surface area contributed by atoms with E-state index in [0.717, 1.165) is 0 Å². The number of hydrogen-bond acceptors (Lipinski definition) is 6. The minimum absolute atomic E-state index is 0.0950. The molecule has 0 aliphatic carbocycles. The molecule has 0 saturated carbocycles. The normalized spacial score (nSPS) is 12.4. The van der Waals surface area contributed by atoms with Crippen LogP contribution >= 0.6 is 0 Å². The van der Waals surface area contributed by atoms with Crippen molar-refractivity contribution in [1.29, 1.82) is 0 Å². The molecule has 0 amide bonds. The Bertz CT molecular complexity index is 1010. The maximum absolute atomic E-state index is 12.6. The molecule has 30 heavy (non-hydrogen) atoms. The van der Waals surface area contributed by atoms with E-state index < -0.39 is 6.36 Å².